The second-order valence-electron chi connectivity index (χ2n) is 4.56. The van der Waals surface area contributed by atoms with Crippen LogP contribution in [0, 0.1) is 12.7 Å². The van der Waals surface area contributed by atoms with Crippen molar-refractivity contribution in [3.05, 3.63) is 45.9 Å². The van der Waals surface area contributed by atoms with Crippen LogP contribution < -0.4 is 10.0 Å². The zero-order valence-electron chi connectivity index (χ0n) is 11.8. The third-order valence-electron chi connectivity index (χ3n) is 2.95. The maximum absolute atomic E-state index is 13.5. The Labute approximate surface area is 128 Å². The van der Waals surface area contributed by atoms with E-state index in [-0.39, 0.29) is 10.6 Å². The number of rotatable bonds is 6. The molecule has 0 atom stereocenters. The molecule has 0 spiro atoms. The normalized spacial score (nSPS) is 11.6. The first kappa shape index (κ1) is 15.9. The van der Waals surface area contributed by atoms with E-state index in [2.05, 4.69) is 10.0 Å². The van der Waals surface area contributed by atoms with Crippen molar-refractivity contribution in [2.75, 3.05) is 11.3 Å². The topological polar surface area (TPSA) is 58.2 Å². The van der Waals surface area contributed by atoms with Gasteiger partial charge in [-0.05, 0) is 42.6 Å². The highest BCUT2D eigenvalue weighted by Crippen LogP contribution is 2.25. The lowest BCUT2D eigenvalue weighted by Crippen LogP contribution is -2.17. The first-order valence-electron chi connectivity index (χ1n) is 6.50. The van der Waals surface area contributed by atoms with Crippen molar-refractivity contribution in [2.24, 2.45) is 0 Å². The van der Waals surface area contributed by atoms with Gasteiger partial charge in [0.1, 0.15) is 10.7 Å². The molecule has 0 saturated carbocycles. The van der Waals surface area contributed by atoms with Gasteiger partial charge in [-0.3, -0.25) is 4.72 Å². The minimum Gasteiger partial charge on any atom is -0.312 e. The fourth-order valence-corrected chi connectivity index (χ4v) is 4.27. The van der Waals surface area contributed by atoms with Crippen molar-refractivity contribution in [3.8, 4) is 0 Å². The van der Waals surface area contributed by atoms with E-state index < -0.39 is 15.8 Å². The van der Waals surface area contributed by atoms with Crippen molar-refractivity contribution in [2.45, 2.75) is 25.3 Å². The second-order valence-corrected chi connectivity index (χ2v) is 7.21. The van der Waals surface area contributed by atoms with Crippen LogP contribution in [-0.2, 0) is 16.6 Å². The molecule has 0 saturated heterocycles. The number of nitrogens with one attached hydrogen (secondary N) is 2. The van der Waals surface area contributed by atoms with Gasteiger partial charge in [-0.25, -0.2) is 12.8 Å². The summed E-state index contributed by atoms with van der Waals surface area (Å²) in [6.45, 7) is 4.83. The van der Waals surface area contributed by atoms with E-state index in [1.54, 1.807) is 30.5 Å². The van der Waals surface area contributed by atoms with Gasteiger partial charge in [0.25, 0.3) is 10.0 Å². The van der Waals surface area contributed by atoms with Gasteiger partial charge in [0.05, 0.1) is 5.69 Å². The van der Waals surface area contributed by atoms with Gasteiger partial charge < -0.3 is 5.32 Å². The minimum absolute atomic E-state index is 0.221. The van der Waals surface area contributed by atoms with Crippen LogP contribution in [-0.4, -0.2) is 15.0 Å². The summed E-state index contributed by atoms with van der Waals surface area (Å²) in [5.41, 5.74) is 0.694. The van der Waals surface area contributed by atoms with Crippen LogP contribution in [0.2, 0.25) is 0 Å². The minimum atomic E-state index is -3.71. The highest BCUT2D eigenvalue weighted by molar-refractivity contribution is 7.93. The van der Waals surface area contributed by atoms with Crippen LogP contribution in [0.25, 0.3) is 0 Å². The highest BCUT2D eigenvalue weighted by atomic mass is 32.2. The summed E-state index contributed by atoms with van der Waals surface area (Å²) in [7, 11) is -3.71. The van der Waals surface area contributed by atoms with E-state index in [1.807, 2.05) is 6.92 Å². The third kappa shape index (κ3) is 3.81. The molecular formula is C14H17FN2O2S2. The molecule has 1 aromatic carbocycles. The Kier molecular flexibility index (Phi) is 4.97. The predicted octanol–water partition coefficient (Wildman–Crippen LogP) is 3.11. The molecule has 114 valence electrons. The fraction of sp³-hybridized carbons (Fsp3) is 0.286. The second kappa shape index (κ2) is 6.55. The molecule has 1 heterocycles. The molecule has 0 fully saturated rings. The molecule has 0 aliphatic carbocycles. The maximum atomic E-state index is 13.5. The first-order chi connectivity index (χ1) is 9.94. The molecule has 0 unspecified atom stereocenters. The number of halogens is 1. The number of aryl methyl sites for hydroxylation is 1. The monoisotopic (exact) mass is 328 g/mol. The molecule has 4 nitrogen and oxygen atoms in total. The summed E-state index contributed by atoms with van der Waals surface area (Å²) >= 11 is 1.38. The largest absolute Gasteiger partial charge is 0.312 e. The predicted molar refractivity (Wildman–Crippen MR) is 83.6 cm³/mol. The Morgan fingerprint density at radius 2 is 2.05 bits per heavy atom. The van der Waals surface area contributed by atoms with E-state index in [4.69, 9.17) is 0 Å². The number of benzene rings is 1. The van der Waals surface area contributed by atoms with Crippen LogP contribution >= 0.6 is 11.3 Å². The van der Waals surface area contributed by atoms with Crippen LogP contribution in [0.5, 0.6) is 0 Å². The van der Waals surface area contributed by atoms with E-state index in [0.717, 1.165) is 11.4 Å². The van der Waals surface area contributed by atoms with Crippen LogP contribution in [0.15, 0.2) is 34.5 Å². The van der Waals surface area contributed by atoms with Crippen molar-refractivity contribution in [3.63, 3.8) is 0 Å². The van der Waals surface area contributed by atoms with Crippen LogP contribution in [0.4, 0.5) is 10.1 Å². The third-order valence-corrected chi connectivity index (χ3v) is 5.47. The van der Waals surface area contributed by atoms with Gasteiger partial charge in [-0.1, -0.05) is 13.0 Å². The number of sulfonamides is 1. The van der Waals surface area contributed by atoms with Gasteiger partial charge in [0, 0.05) is 11.4 Å². The zero-order valence-corrected chi connectivity index (χ0v) is 13.4. The molecule has 2 aromatic rings. The Bertz CT molecular complexity index is 726. The van der Waals surface area contributed by atoms with Gasteiger partial charge in [0.2, 0.25) is 0 Å². The number of hydrogen-bond donors (Lipinski definition) is 2. The van der Waals surface area contributed by atoms with Crippen LogP contribution in [0.3, 0.4) is 0 Å². The molecular weight excluding hydrogens is 311 g/mol. The van der Waals surface area contributed by atoms with Crippen molar-refractivity contribution < 1.29 is 12.8 Å². The summed E-state index contributed by atoms with van der Waals surface area (Å²) < 4.78 is 40.7. The average Bonchev–Trinajstić information content (AvgIpc) is 2.89. The van der Waals surface area contributed by atoms with E-state index in [1.165, 1.54) is 17.4 Å². The summed E-state index contributed by atoms with van der Waals surface area (Å²) in [5.74, 6) is -0.437. The summed E-state index contributed by atoms with van der Waals surface area (Å²) in [4.78, 5) is 0.964. The lowest BCUT2D eigenvalue weighted by Gasteiger charge is -2.10. The number of thiophene rings is 1. The number of hydrogen-bond acceptors (Lipinski definition) is 4. The van der Waals surface area contributed by atoms with Crippen molar-refractivity contribution in [1.29, 1.82) is 0 Å². The van der Waals surface area contributed by atoms with Crippen molar-refractivity contribution in [1.82, 2.24) is 5.32 Å². The van der Waals surface area contributed by atoms with E-state index in [0.29, 0.717) is 12.1 Å². The van der Waals surface area contributed by atoms with Crippen molar-refractivity contribution >= 4 is 27.0 Å². The van der Waals surface area contributed by atoms with Gasteiger partial charge in [-0.2, -0.15) is 0 Å². The lowest BCUT2D eigenvalue weighted by atomic mass is 10.2. The van der Waals surface area contributed by atoms with E-state index >= 15 is 0 Å². The van der Waals surface area contributed by atoms with Gasteiger partial charge in [0.15, 0.2) is 0 Å². The molecule has 2 rings (SSSR count). The smallest absolute Gasteiger partial charge is 0.263 e. The van der Waals surface area contributed by atoms with Crippen LogP contribution in [0.1, 0.15) is 17.4 Å². The molecule has 1 aromatic heterocycles. The molecule has 0 bridgehead atoms. The molecule has 0 radical (unpaired) electrons. The standard InChI is InChI=1S/C14H17FN2O2S2/c1-3-16-9-13-14(6-7-20-13)21(18,19)17-11-5-4-10(2)12(15)8-11/h4-8,16-17H,3,9H2,1-2H3. The molecule has 0 amide bonds. The molecule has 7 heteroatoms. The summed E-state index contributed by atoms with van der Waals surface area (Å²) in [6.07, 6.45) is 0. The quantitative estimate of drug-likeness (QED) is 0.856. The lowest BCUT2D eigenvalue weighted by molar-refractivity contribution is 0.599. The molecule has 0 aliphatic rings. The SMILES string of the molecule is CCNCc1sccc1S(=O)(=O)Nc1ccc(C)c(F)c1. The molecule has 0 aliphatic heterocycles. The van der Waals surface area contributed by atoms with Gasteiger partial charge >= 0.3 is 0 Å². The Balaban J connectivity index is 2.26. The Hall–Kier alpha value is -1.44. The Morgan fingerprint density at radius 1 is 1.29 bits per heavy atom. The molecule has 2 N–H and O–H groups in total. The average molecular weight is 328 g/mol. The number of anilines is 1. The summed E-state index contributed by atoms with van der Waals surface area (Å²) in [6, 6.07) is 5.83. The summed E-state index contributed by atoms with van der Waals surface area (Å²) in [5, 5.41) is 4.83. The maximum Gasteiger partial charge on any atom is 0.263 e. The van der Waals surface area contributed by atoms with Gasteiger partial charge in [-0.15, -0.1) is 11.3 Å². The van der Waals surface area contributed by atoms with E-state index in [9.17, 15) is 12.8 Å². The Morgan fingerprint density at radius 3 is 2.71 bits per heavy atom. The first-order valence-corrected chi connectivity index (χ1v) is 8.86. The molecule has 21 heavy (non-hydrogen) atoms. The fourth-order valence-electron chi connectivity index (χ4n) is 1.80. The zero-order chi connectivity index (χ0) is 15.5. The highest BCUT2D eigenvalue weighted by Gasteiger charge is 2.20.